The second kappa shape index (κ2) is 5.19. The van der Waals surface area contributed by atoms with Gasteiger partial charge in [0.1, 0.15) is 0 Å². The van der Waals surface area contributed by atoms with Crippen LogP contribution in [0.1, 0.15) is 32.1 Å². The predicted molar refractivity (Wildman–Crippen MR) is 70.3 cm³/mol. The minimum atomic E-state index is -1.20. The fourth-order valence-corrected chi connectivity index (χ4v) is 2.90. The van der Waals surface area contributed by atoms with Gasteiger partial charge >= 0.3 is 11.9 Å². The quantitative estimate of drug-likeness (QED) is 0.446. The van der Waals surface area contributed by atoms with Gasteiger partial charge in [0.25, 0.3) is 0 Å². The van der Waals surface area contributed by atoms with E-state index in [0.29, 0.717) is 12.8 Å². The van der Waals surface area contributed by atoms with E-state index in [4.69, 9.17) is 9.47 Å². The minimum Gasteiger partial charge on any atom is -0.468 e. The molecule has 1 unspecified atom stereocenters. The average Bonchev–Trinajstić information content (AvgIpc) is 2.70. The molecule has 0 aliphatic heterocycles. The molecule has 1 atom stereocenters. The number of rotatable bonds is 3. The van der Waals surface area contributed by atoms with Gasteiger partial charge in [-0.15, -0.1) is 0 Å². The third-order valence-corrected chi connectivity index (χ3v) is 4.21. The Hall–Kier alpha value is -1.58. The number of hydrogen-bond acceptors (Lipinski definition) is 4. The summed E-state index contributed by atoms with van der Waals surface area (Å²) in [5, 5.41) is 0. The Kier molecular flexibility index (Phi) is 3.78. The lowest BCUT2D eigenvalue weighted by molar-refractivity contribution is -0.168. The lowest BCUT2D eigenvalue weighted by atomic mass is 9.83. The molecule has 4 heteroatoms. The highest BCUT2D eigenvalue weighted by Gasteiger charge is 2.54. The highest BCUT2D eigenvalue weighted by atomic mass is 16.5. The molecular formula is C15H20O4. The molecule has 4 nitrogen and oxygen atoms in total. The standard InChI is InChI=1S/C15H20O4/c1-10-8-15(13(16)18-2,14(17)19-3)9-12(10)7-11-5-4-6-11/h7,12H,1,4-6,8-9H2,2-3H3. The van der Waals surface area contributed by atoms with Gasteiger partial charge in [-0.2, -0.15) is 0 Å². The summed E-state index contributed by atoms with van der Waals surface area (Å²) < 4.78 is 9.60. The van der Waals surface area contributed by atoms with E-state index in [-0.39, 0.29) is 5.92 Å². The molecule has 0 saturated heterocycles. The van der Waals surface area contributed by atoms with Crippen LogP contribution in [-0.2, 0) is 19.1 Å². The number of carbonyl (C=O) groups excluding carboxylic acids is 2. The van der Waals surface area contributed by atoms with Gasteiger partial charge in [0, 0.05) is 0 Å². The monoisotopic (exact) mass is 264 g/mol. The fraction of sp³-hybridized carbons (Fsp3) is 0.600. The molecule has 0 radical (unpaired) electrons. The van der Waals surface area contributed by atoms with E-state index < -0.39 is 17.4 Å². The molecule has 2 aliphatic carbocycles. The Balaban J connectivity index is 2.24. The molecule has 19 heavy (non-hydrogen) atoms. The molecule has 0 heterocycles. The molecule has 0 amide bonds. The van der Waals surface area contributed by atoms with Gasteiger partial charge in [0.2, 0.25) is 0 Å². The van der Waals surface area contributed by atoms with Crippen molar-refractivity contribution in [1.82, 2.24) is 0 Å². The van der Waals surface area contributed by atoms with Crippen molar-refractivity contribution in [2.75, 3.05) is 14.2 Å². The van der Waals surface area contributed by atoms with Crippen LogP contribution < -0.4 is 0 Å². The highest BCUT2D eigenvalue weighted by Crippen LogP contribution is 2.48. The van der Waals surface area contributed by atoms with Crippen molar-refractivity contribution < 1.29 is 19.1 Å². The van der Waals surface area contributed by atoms with Crippen LogP contribution in [0.2, 0.25) is 0 Å². The largest absolute Gasteiger partial charge is 0.468 e. The third kappa shape index (κ3) is 2.31. The molecule has 0 aromatic heterocycles. The maximum atomic E-state index is 12.0. The molecular weight excluding hydrogens is 244 g/mol. The Morgan fingerprint density at radius 1 is 1.26 bits per heavy atom. The zero-order chi connectivity index (χ0) is 14.0. The van der Waals surface area contributed by atoms with Crippen LogP contribution in [-0.4, -0.2) is 26.2 Å². The molecule has 0 bridgehead atoms. The van der Waals surface area contributed by atoms with Gasteiger partial charge in [0.15, 0.2) is 5.41 Å². The highest BCUT2D eigenvalue weighted by molar-refractivity contribution is 6.01. The van der Waals surface area contributed by atoms with Crippen LogP contribution in [0.4, 0.5) is 0 Å². The number of methoxy groups -OCH3 is 2. The molecule has 0 N–H and O–H groups in total. The summed E-state index contributed by atoms with van der Waals surface area (Å²) in [7, 11) is 2.60. The number of carbonyl (C=O) groups is 2. The molecule has 2 aliphatic rings. The van der Waals surface area contributed by atoms with Crippen LogP contribution in [0.3, 0.4) is 0 Å². The van der Waals surface area contributed by atoms with Crippen LogP contribution in [0, 0.1) is 11.3 Å². The van der Waals surface area contributed by atoms with E-state index >= 15 is 0 Å². The molecule has 2 saturated carbocycles. The van der Waals surface area contributed by atoms with E-state index in [0.717, 1.165) is 18.4 Å². The van der Waals surface area contributed by atoms with Crippen LogP contribution in [0.25, 0.3) is 0 Å². The molecule has 2 fully saturated rings. The molecule has 104 valence electrons. The summed E-state index contributed by atoms with van der Waals surface area (Å²) in [5.74, 6) is -0.960. The van der Waals surface area contributed by atoms with Crippen LogP contribution in [0.15, 0.2) is 23.8 Å². The van der Waals surface area contributed by atoms with Gasteiger partial charge in [-0.05, 0) is 38.0 Å². The van der Waals surface area contributed by atoms with E-state index in [1.807, 2.05) is 0 Å². The summed E-state index contributed by atoms with van der Waals surface area (Å²) in [6.45, 7) is 4.02. The minimum absolute atomic E-state index is 0.0773. The number of allylic oxidation sites excluding steroid dienone is 3. The van der Waals surface area contributed by atoms with E-state index in [1.165, 1.54) is 26.2 Å². The maximum Gasteiger partial charge on any atom is 0.323 e. The SMILES string of the molecule is C=C1CC(C(=O)OC)(C(=O)OC)CC1C=C1CCC1. The molecule has 0 aromatic rings. The van der Waals surface area contributed by atoms with E-state index in [2.05, 4.69) is 12.7 Å². The zero-order valence-corrected chi connectivity index (χ0v) is 11.5. The first-order valence-corrected chi connectivity index (χ1v) is 6.57. The summed E-state index contributed by atoms with van der Waals surface area (Å²) in [4.78, 5) is 24.0. The first kappa shape index (κ1) is 13.8. The third-order valence-electron chi connectivity index (χ3n) is 4.21. The Bertz CT molecular complexity index is 425. The second-order valence-corrected chi connectivity index (χ2v) is 5.39. The van der Waals surface area contributed by atoms with Gasteiger partial charge in [0.05, 0.1) is 14.2 Å². The zero-order valence-electron chi connectivity index (χ0n) is 11.5. The normalized spacial score (nSPS) is 24.6. The first-order chi connectivity index (χ1) is 9.03. The van der Waals surface area contributed by atoms with Gasteiger partial charge in [-0.1, -0.05) is 23.8 Å². The summed E-state index contributed by atoms with van der Waals surface area (Å²) in [5.41, 5.74) is 1.11. The van der Waals surface area contributed by atoms with Crippen molar-refractivity contribution in [2.45, 2.75) is 32.1 Å². The summed E-state index contributed by atoms with van der Waals surface area (Å²) in [6.07, 6.45) is 6.36. The molecule has 0 aromatic carbocycles. The van der Waals surface area contributed by atoms with Crippen molar-refractivity contribution in [3.8, 4) is 0 Å². The predicted octanol–water partition coefficient (Wildman–Crippen LogP) is 2.40. The molecule has 2 rings (SSSR count). The van der Waals surface area contributed by atoms with E-state index in [1.54, 1.807) is 0 Å². The summed E-state index contributed by atoms with van der Waals surface area (Å²) in [6, 6.07) is 0. The lowest BCUT2D eigenvalue weighted by Gasteiger charge is -2.23. The van der Waals surface area contributed by atoms with Crippen LogP contribution >= 0.6 is 0 Å². The second-order valence-electron chi connectivity index (χ2n) is 5.39. The fourth-order valence-electron chi connectivity index (χ4n) is 2.90. The Labute approximate surface area is 113 Å². The number of hydrogen-bond donors (Lipinski definition) is 0. The topological polar surface area (TPSA) is 52.6 Å². The summed E-state index contributed by atoms with van der Waals surface area (Å²) >= 11 is 0. The number of ether oxygens (including phenoxy) is 2. The van der Waals surface area contributed by atoms with Crippen molar-refractivity contribution in [1.29, 1.82) is 0 Å². The van der Waals surface area contributed by atoms with Gasteiger partial charge < -0.3 is 9.47 Å². The van der Waals surface area contributed by atoms with Crippen molar-refractivity contribution in [3.05, 3.63) is 23.8 Å². The smallest absolute Gasteiger partial charge is 0.323 e. The maximum absolute atomic E-state index is 12.0. The van der Waals surface area contributed by atoms with Gasteiger partial charge in [-0.25, -0.2) is 0 Å². The van der Waals surface area contributed by atoms with Crippen LogP contribution in [0.5, 0.6) is 0 Å². The number of esters is 2. The Morgan fingerprint density at radius 3 is 2.26 bits per heavy atom. The Morgan fingerprint density at radius 2 is 1.84 bits per heavy atom. The van der Waals surface area contributed by atoms with Crippen molar-refractivity contribution in [3.63, 3.8) is 0 Å². The van der Waals surface area contributed by atoms with Crippen molar-refractivity contribution >= 4 is 11.9 Å². The van der Waals surface area contributed by atoms with Crippen molar-refractivity contribution in [2.24, 2.45) is 11.3 Å². The average molecular weight is 264 g/mol. The molecule has 0 spiro atoms. The van der Waals surface area contributed by atoms with Gasteiger partial charge in [-0.3, -0.25) is 9.59 Å². The van der Waals surface area contributed by atoms with E-state index in [9.17, 15) is 9.59 Å². The lowest BCUT2D eigenvalue weighted by Crippen LogP contribution is -2.39. The first-order valence-electron chi connectivity index (χ1n) is 6.57.